The van der Waals surface area contributed by atoms with E-state index in [1.54, 1.807) is 41.6 Å². The van der Waals surface area contributed by atoms with Gasteiger partial charge in [0, 0.05) is 30.5 Å². The Kier molecular flexibility index (Phi) is 6.45. The van der Waals surface area contributed by atoms with Gasteiger partial charge in [-0.25, -0.2) is 4.39 Å². The average molecular weight is 346 g/mol. The van der Waals surface area contributed by atoms with Gasteiger partial charge in [0.15, 0.2) is 0 Å². The number of carboxylic acid groups (broad SMARTS) is 1. The number of halogens is 1. The second-order valence-electron chi connectivity index (χ2n) is 5.47. The first-order valence-electron chi connectivity index (χ1n) is 7.72. The number of rotatable bonds is 5. The van der Waals surface area contributed by atoms with Crippen LogP contribution in [0.15, 0.2) is 42.7 Å². The number of amides is 1. The number of nitrogens with zero attached hydrogens (tertiary/aromatic N) is 2. The summed E-state index contributed by atoms with van der Waals surface area (Å²) in [6.45, 7) is -0.0125. The van der Waals surface area contributed by atoms with E-state index in [4.69, 9.17) is 14.6 Å². The predicted octanol–water partition coefficient (Wildman–Crippen LogP) is 2.73. The van der Waals surface area contributed by atoms with Gasteiger partial charge in [0.05, 0.1) is 12.7 Å². The van der Waals surface area contributed by atoms with Crippen LogP contribution >= 0.6 is 0 Å². The maximum absolute atomic E-state index is 14.0. The normalized spacial score (nSPS) is 12.6. The Bertz CT molecular complexity index is 720. The van der Waals surface area contributed by atoms with E-state index in [9.17, 15) is 9.18 Å². The second kappa shape index (κ2) is 8.77. The van der Waals surface area contributed by atoms with E-state index < -0.39 is 0 Å². The molecule has 0 atom stereocenters. The lowest BCUT2D eigenvalue weighted by atomic mass is 10.1. The molecule has 1 aromatic carbocycles. The van der Waals surface area contributed by atoms with Crippen LogP contribution < -0.4 is 4.74 Å². The van der Waals surface area contributed by atoms with Crippen molar-refractivity contribution >= 4 is 12.4 Å². The monoisotopic (exact) mass is 346 g/mol. The molecule has 7 heteroatoms. The Labute approximate surface area is 144 Å². The highest BCUT2D eigenvalue weighted by molar-refractivity contribution is 5.94. The highest BCUT2D eigenvalue weighted by Gasteiger charge is 2.33. The van der Waals surface area contributed by atoms with Crippen LogP contribution in [0.2, 0.25) is 0 Å². The number of ether oxygens (including phenoxy) is 1. The number of methoxy groups -OCH3 is 1. The molecule has 1 saturated carbocycles. The first kappa shape index (κ1) is 18.4. The van der Waals surface area contributed by atoms with Crippen LogP contribution in [-0.2, 0) is 11.3 Å². The Balaban J connectivity index is 0.000000701. The third-order valence-electron chi connectivity index (χ3n) is 3.75. The van der Waals surface area contributed by atoms with E-state index >= 15 is 0 Å². The van der Waals surface area contributed by atoms with Gasteiger partial charge < -0.3 is 14.7 Å². The van der Waals surface area contributed by atoms with Gasteiger partial charge in [0.25, 0.3) is 12.4 Å². The molecule has 0 bridgehead atoms. The minimum absolute atomic E-state index is 0.113. The van der Waals surface area contributed by atoms with Crippen molar-refractivity contribution in [1.29, 1.82) is 0 Å². The van der Waals surface area contributed by atoms with Gasteiger partial charge in [0.1, 0.15) is 11.6 Å². The maximum atomic E-state index is 14.0. The number of aromatic nitrogens is 1. The average Bonchev–Trinajstić information content (AvgIpc) is 3.47. The Morgan fingerprint density at radius 3 is 2.72 bits per heavy atom. The Morgan fingerprint density at radius 2 is 2.16 bits per heavy atom. The van der Waals surface area contributed by atoms with E-state index in [1.807, 2.05) is 0 Å². The minimum atomic E-state index is -0.328. The summed E-state index contributed by atoms with van der Waals surface area (Å²) in [5.41, 5.74) is 0.987. The topological polar surface area (TPSA) is 79.7 Å². The van der Waals surface area contributed by atoms with Crippen molar-refractivity contribution in [2.24, 2.45) is 0 Å². The molecule has 0 unspecified atom stereocenters. The van der Waals surface area contributed by atoms with Crippen LogP contribution in [0.1, 0.15) is 28.8 Å². The standard InChI is InChI=1S/C17H17FN2O2.CH2O2/c1-22-15-6-7-16(18)13(9-15)11-20(14-4-5-14)17(21)12-3-2-8-19-10-12;2-1-3/h2-3,6-10,14H,4-5,11H2,1H3;1H,(H,2,3). The number of hydrogen-bond acceptors (Lipinski definition) is 4. The zero-order valence-corrected chi connectivity index (χ0v) is 13.8. The molecular weight excluding hydrogens is 327 g/mol. The van der Waals surface area contributed by atoms with Gasteiger partial charge >= 0.3 is 0 Å². The zero-order valence-electron chi connectivity index (χ0n) is 13.8. The highest BCUT2D eigenvalue weighted by atomic mass is 19.1. The molecule has 1 amide bonds. The molecule has 1 heterocycles. The molecule has 0 radical (unpaired) electrons. The largest absolute Gasteiger partial charge is 0.497 e. The van der Waals surface area contributed by atoms with Crippen molar-refractivity contribution < 1.29 is 23.8 Å². The summed E-state index contributed by atoms with van der Waals surface area (Å²) in [5, 5.41) is 6.89. The third-order valence-corrected chi connectivity index (χ3v) is 3.75. The smallest absolute Gasteiger partial charge is 0.290 e. The molecule has 0 spiro atoms. The zero-order chi connectivity index (χ0) is 18.2. The molecule has 132 valence electrons. The Morgan fingerprint density at radius 1 is 1.44 bits per heavy atom. The van der Waals surface area contributed by atoms with E-state index in [1.165, 1.54) is 13.2 Å². The minimum Gasteiger partial charge on any atom is -0.497 e. The number of carbonyl (C=O) groups is 2. The Hall–Kier alpha value is -2.96. The molecule has 25 heavy (non-hydrogen) atoms. The molecule has 0 saturated heterocycles. The van der Waals surface area contributed by atoms with Gasteiger partial charge in [-0.3, -0.25) is 14.6 Å². The van der Waals surface area contributed by atoms with Crippen LogP contribution in [0.5, 0.6) is 5.75 Å². The van der Waals surface area contributed by atoms with E-state index in [-0.39, 0.29) is 30.8 Å². The lowest BCUT2D eigenvalue weighted by molar-refractivity contribution is -0.122. The quantitative estimate of drug-likeness (QED) is 0.842. The van der Waals surface area contributed by atoms with Crippen molar-refractivity contribution in [2.45, 2.75) is 25.4 Å². The summed E-state index contributed by atoms with van der Waals surface area (Å²) in [7, 11) is 1.54. The fourth-order valence-electron chi connectivity index (χ4n) is 2.39. The van der Waals surface area contributed by atoms with E-state index in [0.717, 1.165) is 12.8 Å². The lowest BCUT2D eigenvalue weighted by Crippen LogP contribution is -2.33. The first-order chi connectivity index (χ1) is 12.1. The molecule has 1 fully saturated rings. The van der Waals surface area contributed by atoms with Gasteiger partial charge in [0.2, 0.25) is 0 Å². The first-order valence-corrected chi connectivity index (χ1v) is 7.72. The number of pyridine rings is 1. The fourth-order valence-corrected chi connectivity index (χ4v) is 2.39. The molecule has 6 nitrogen and oxygen atoms in total. The summed E-state index contributed by atoms with van der Waals surface area (Å²) < 4.78 is 19.1. The van der Waals surface area contributed by atoms with Crippen molar-refractivity contribution in [3.8, 4) is 5.75 Å². The van der Waals surface area contributed by atoms with Crippen LogP contribution in [0.3, 0.4) is 0 Å². The van der Waals surface area contributed by atoms with Crippen LogP contribution in [0.25, 0.3) is 0 Å². The number of benzene rings is 1. The van der Waals surface area contributed by atoms with Gasteiger partial charge in [-0.2, -0.15) is 0 Å². The van der Waals surface area contributed by atoms with E-state index in [0.29, 0.717) is 16.9 Å². The van der Waals surface area contributed by atoms with Crippen molar-refractivity contribution in [2.75, 3.05) is 7.11 Å². The summed E-state index contributed by atoms with van der Waals surface area (Å²) >= 11 is 0. The fraction of sp³-hybridized carbons (Fsp3) is 0.278. The number of hydrogen-bond donors (Lipinski definition) is 1. The lowest BCUT2D eigenvalue weighted by Gasteiger charge is -2.23. The predicted molar refractivity (Wildman–Crippen MR) is 88.8 cm³/mol. The molecule has 1 N–H and O–H groups in total. The highest BCUT2D eigenvalue weighted by Crippen LogP contribution is 2.30. The molecule has 3 rings (SSSR count). The van der Waals surface area contributed by atoms with Crippen LogP contribution in [0, 0.1) is 5.82 Å². The number of carbonyl (C=O) groups excluding carboxylic acids is 1. The molecule has 0 aliphatic heterocycles. The molecular formula is C18H19FN2O4. The second-order valence-corrected chi connectivity index (χ2v) is 5.47. The van der Waals surface area contributed by atoms with Crippen molar-refractivity contribution in [1.82, 2.24) is 9.88 Å². The van der Waals surface area contributed by atoms with Crippen LogP contribution in [-0.4, -0.2) is 40.5 Å². The molecule has 1 aromatic heterocycles. The summed E-state index contributed by atoms with van der Waals surface area (Å²) in [6, 6.07) is 8.22. The molecule has 2 aromatic rings. The van der Waals surface area contributed by atoms with Gasteiger partial charge in [-0.1, -0.05) is 0 Å². The summed E-state index contributed by atoms with van der Waals surface area (Å²) in [4.78, 5) is 26.7. The maximum Gasteiger partial charge on any atom is 0.290 e. The van der Waals surface area contributed by atoms with Crippen LogP contribution in [0.4, 0.5) is 4.39 Å². The van der Waals surface area contributed by atoms with E-state index in [2.05, 4.69) is 4.98 Å². The summed E-state index contributed by atoms with van der Waals surface area (Å²) in [6.07, 6.45) is 5.08. The third kappa shape index (κ3) is 5.00. The van der Waals surface area contributed by atoms with Gasteiger partial charge in [-0.15, -0.1) is 0 Å². The summed E-state index contributed by atoms with van der Waals surface area (Å²) in [5.74, 6) is 0.143. The SMILES string of the molecule is COc1ccc(F)c(CN(C(=O)c2cccnc2)C2CC2)c1.O=CO. The van der Waals surface area contributed by atoms with Crippen molar-refractivity contribution in [3.05, 3.63) is 59.7 Å². The molecule has 1 aliphatic rings. The van der Waals surface area contributed by atoms with Gasteiger partial charge in [-0.05, 0) is 43.2 Å². The molecule has 1 aliphatic carbocycles. The van der Waals surface area contributed by atoms with Crippen molar-refractivity contribution in [3.63, 3.8) is 0 Å².